The van der Waals surface area contributed by atoms with Crippen molar-refractivity contribution in [3.63, 3.8) is 0 Å². The Morgan fingerprint density at radius 1 is 1.28 bits per heavy atom. The molecule has 0 aromatic rings. The van der Waals surface area contributed by atoms with E-state index in [9.17, 15) is 13.2 Å². The summed E-state index contributed by atoms with van der Waals surface area (Å²) in [5, 5.41) is 3.28. The van der Waals surface area contributed by atoms with Gasteiger partial charge in [-0.1, -0.05) is 6.08 Å². The van der Waals surface area contributed by atoms with E-state index in [0.717, 1.165) is 45.6 Å². The van der Waals surface area contributed by atoms with Gasteiger partial charge in [0.05, 0.1) is 0 Å². The van der Waals surface area contributed by atoms with Crippen molar-refractivity contribution < 1.29 is 13.2 Å². The first-order valence-electron chi connectivity index (χ1n) is 6.76. The van der Waals surface area contributed by atoms with Gasteiger partial charge in [0.15, 0.2) is 0 Å². The third-order valence-corrected chi connectivity index (χ3v) is 3.85. The van der Waals surface area contributed by atoms with Gasteiger partial charge in [0.1, 0.15) is 0 Å². The van der Waals surface area contributed by atoms with Gasteiger partial charge in [-0.3, -0.25) is 0 Å². The van der Waals surface area contributed by atoms with Gasteiger partial charge in [-0.15, -0.1) is 0 Å². The molecule has 0 amide bonds. The average molecular weight is 262 g/mol. The zero-order valence-electron chi connectivity index (χ0n) is 10.6. The monoisotopic (exact) mass is 262 g/mol. The molecule has 0 aromatic carbocycles. The first-order valence-corrected chi connectivity index (χ1v) is 6.76. The van der Waals surface area contributed by atoms with Gasteiger partial charge in [0, 0.05) is 31.8 Å². The van der Waals surface area contributed by atoms with E-state index in [0.29, 0.717) is 6.42 Å². The zero-order valence-corrected chi connectivity index (χ0v) is 10.6. The highest BCUT2D eigenvalue weighted by Crippen LogP contribution is 2.35. The van der Waals surface area contributed by atoms with Crippen molar-refractivity contribution in [2.75, 3.05) is 32.7 Å². The Bertz CT molecular complexity index is 293. The number of hydrogen-bond acceptors (Lipinski definition) is 2. The number of halogens is 3. The number of nitrogens with one attached hydrogen (secondary N) is 1. The van der Waals surface area contributed by atoms with Crippen LogP contribution in [0.15, 0.2) is 11.6 Å². The molecule has 1 N–H and O–H groups in total. The van der Waals surface area contributed by atoms with Gasteiger partial charge < -0.3 is 10.2 Å². The van der Waals surface area contributed by atoms with Crippen LogP contribution in [-0.4, -0.2) is 43.8 Å². The number of rotatable bonds is 3. The first kappa shape index (κ1) is 13.9. The lowest BCUT2D eigenvalue weighted by atomic mass is 9.88. The second-order valence-corrected chi connectivity index (χ2v) is 5.22. The standard InChI is InChI=1S/C13H21F3N2/c14-13(15,16)12-3-1-2-11(10-12)4-7-18-8-5-17-6-9-18/h10-11,17H,1-9H2. The second kappa shape index (κ2) is 6.06. The topological polar surface area (TPSA) is 15.3 Å². The summed E-state index contributed by atoms with van der Waals surface area (Å²) in [4.78, 5) is 2.34. The van der Waals surface area contributed by atoms with Crippen LogP contribution in [0.1, 0.15) is 25.7 Å². The lowest BCUT2D eigenvalue weighted by Gasteiger charge is -2.29. The van der Waals surface area contributed by atoms with Crippen LogP contribution in [0.3, 0.4) is 0 Å². The van der Waals surface area contributed by atoms with Crippen molar-refractivity contribution in [1.29, 1.82) is 0 Å². The minimum atomic E-state index is -4.12. The fourth-order valence-electron chi connectivity index (χ4n) is 2.75. The second-order valence-electron chi connectivity index (χ2n) is 5.22. The molecule has 0 spiro atoms. The molecule has 0 aromatic heterocycles. The summed E-state index contributed by atoms with van der Waals surface area (Å²) in [7, 11) is 0. The predicted molar refractivity (Wildman–Crippen MR) is 65.4 cm³/mol. The van der Waals surface area contributed by atoms with Crippen LogP contribution in [-0.2, 0) is 0 Å². The maximum atomic E-state index is 12.6. The van der Waals surface area contributed by atoms with Crippen molar-refractivity contribution in [3.05, 3.63) is 11.6 Å². The summed E-state index contributed by atoms with van der Waals surface area (Å²) >= 11 is 0. The molecule has 2 rings (SSSR count). The molecule has 1 unspecified atom stereocenters. The van der Waals surface area contributed by atoms with Crippen LogP contribution in [0.2, 0.25) is 0 Å². The quantitative estimate of drug-likeness (QED) is 0.786. The fraction of sp³-hybridized carbons (Fsp3) is 0.846. The minimum Gasteiger partial charge on any atom is -0.314 e. The molecule has 2 aliphatic rings. The summed E-state index contributed by atoms with van der Waals surface area (Å²) in [6.07, 6.45) is 0.00978. The van der Waals surface area contributed by atoms with Crippen LogP contribution in [0.5, 0.6) is 0 Å². The van der Waals surface area contributed by atoms with E-state index < -0.39 is 6.18 Å². The van der Waals surface area contributed by atoms with Gasteiger partial charge in [0.2, 0.25) is 0 Å². The predicted octanol–water partition coefficient (Wildman–Crippen LogP) is 2.57. The maximum absolute atomic E-state index is 12.6. The first-order chi connectivity index (χ1) is 8.55. The fourth-order valence-corrected chi connectivity index (χ4v) is 2.75. The summed E-state index contributed by atoms with van der Waals surface area (Å²) in [6.45, 7) is 4.95. The Balaban J connectivity index is 1.81. The molecule has 1 aliphatic carbocycles. The number of allylic oxidation sites excluding steroid dienone is 2. The van der Waals surface area contributed by atoms with Crippen LogP contribution >= 0.6 is 0 Å². The average Bonchev–Trinajstić information content (AvgIpc) is 2.37. The van der Waals surface area contributed by atoms with Crippen molar-refractivity contribution in [2.45, 2.75) is 31.9 Å². The van der Waals surface area contributed by atoms with Gasteiger partial charge in [-0.05, 0) is 38.1 Å². The molecular weight excluding hydrogens is 241 g/mol. The van der Waals surface area contributed by atoms with E-state index in [1.54, 1.807) is 0 Å². The summed E-state index contributed by atoms with van der Waals surface area (Å²) < 4.78 is 37.9. The summed E-state index contributed by atoms with van der Waals surface area (Å²) in [5.41, 5.74) is -0.306. The number of piperazine rings is 1. The van der Waals surface area contributed by atoms with Gasteiger partial charge >= 0.3 is 6.18 Å². The molecule has 0 bridgehead atoms. The van der Waals surface area contributed by atoms with E-state index in [-0.39, 0.29) is 17.9 Å². The summed E-state index contributed by atoms with van der Waals surface area (Å²) in [6, 6.07) is 0. The third-order valence-electron chi connectivity index (χ3n) is 3.85. The lowest BCUT2D eigenvalue weighted by molar-refractivity contribution is -0.0956. The molecule has 18 heavy (non-hydrogen) atoms. The van der Waals surface area contributed by atoms with E-state index >= 15 is 0 Å². The molecule has 1 aliphatic heterocycles. The van der Waals surface area contributed by atoms with Crippen LogP contribution in [0, 0.1) is 5.92 Å². The molecule has 1 heterocycles. The normalized spacial score (nSPS) is 27.1. The van der Waals surface area contributed by atoms with Crippen LogP contribution < -0.4 is 5.32 Å². The number of nitrogens with zero attached hydrogens (tertiary/aromatic N) is 1. The van der Waals surface area contributed by atoms with E-state index in [1.165, 1.54) is 6.08 Å². The molecule has 5 heteroatoms. The Morgan fingerprint density at radius 2 is 2.00 bits per heavy atom. The Kier molecular flexibility index (Phi) is 4.67. The minimum absolute atomic E-state index is 0.116. The van der Waals surface area contributed by atoms with Crippen molar-refractivity contribution in [2.24, 2.45) is 5.92 Å². The highest BCUT2D eigenvalue weighted by atomic mass is 19.4. The molecule has 1 fully saturated rings. The number of alkyl halides is 3. The highest BCUT2D eigenvalue weighted by Gasteiger charge is 2.35. The van der Waals surface area contributed by atoms with Gasteiger partial charge in [-0.2, -0.15) is 13.2 Å². The van der Waals surface area contributed by atoms with Crippen molar-refractivity contribution in [1.82, 2.24) is 10.2 Å². The third kappa shape index (κ3) is 3.99. The summed E-state index contributed by atoms with van der Waals surface area (Å²) in [5.74, 6) is 0.116. The van der Waals surface area contributed by atoms with E-state index in [4.69, 9.17) is 0 Å². The molecule has 0 radical (unpaired) electrons. The van der Waals surface area contributed by atoms with Crippen LogP contribution in [0.25, 0.3) is 0 Å². The Morgan fingerprint density at radius 3 is 2.67 bits per heavy atom. The maximum Gasteiger partial charge on any atom is 0.412 e. The SMILES string of the molecule is FC(F)(F)C1=CC(CCN2CCNCC2)CCC1. The Labute approximate surface area is 106 Å². The van der Waals surface area contributed by atoms with Crippen LogP contribution in [0.4, 0.5) is 13.2 Å². The van der Waals surface area contributed by atoms with Gasteiger partial charge in [0.25, 0.3) is 0 Å². The van der Waals surface area contributed by atoms with E-state index in [1.807, 2.05) is 0 Å². The largest absolute Gasteiger partial charge is 0.412 e. The molecule has 2 nitrogen and oxygen atoms in total. The van der Waals surface area contributed by atoms with Gasteiger partial charge in [-0.25, -0.2) is 0 Å². The van der Waals surface area contributed by atoms with E-state index in [2.05, 4.69) is 10.2 Å². The molecule has 104 valence electrons. The molecule has 0 saturated carbocycles. The smallest absolute Gasteiger partial charge is 0.314 e. The lowest BCUT2D eigenvalue weighted by Crippen LogP contribution is -2.44. The van der Waals surface area contributed by atoms with Crippen molar-refractivity contribution >= 4 is 0 Å². The van der Waals surface area contributed by atoms with Crippen molar-refractivity contribution in [3.8, 4) is 0 Å². The molecule has 1 saturated heterocycles. The Hall–Kier alpha value is -0.550. The molecular formula is C13H21F3N2. The highest BCUT2D eigenvalue weighted by molar-refractivity contribution is 5.13. The molecule has 1 atom stereocenters. The zero-order chi connectivity index (χ0) is 13.0. The number of hydrogen-bond donors (Lipinski definition) is 1.